The Labute approximate surface area is 174 Å². The summed E-state index contributed by atoms with van der Waals surface area (Å²) >= 11 is 0. The number of para-hydroxylation sites is 1. The predicted octanol–water partition coefficient (Wildman–Crippen LogP) is 2.07. The van der Waals surface area contributed by atoms with Crippen LogP contribution in [0.4, 0.5) is 10.5 Å². The van der Waals surface area contributed by atoms with Crippen LogP contribution < -0.4 is 0 Å². The van der Waals surface area contributed by atoms with Crippen molar-refractivity contribution in [3.8, 4) is 0 Å². The van der Waals surface area contributed by atoms with Gasteiger partial charge in [-0.1, -0.05) is 12.1 Å². The van der Waals surface area contributed by atoms with Crippen LogP contribution >= 0.6 is 0 Å². The van der Waals surface area contributed by atoms with Gasteiger partial charge in [0.25, 0.3) is 15.7 Å². The van der Waals surface area contributed by atoms with E-state index in [1.54, 1.807) is 20.8 Å². The first-order valence-corrected chi connectivity index (χ1v) is 10.7. The summed E-state index contributed by atoms with van der Waals surface area (Å²) in [5.41, 5.74) is -1.31. The first-order valence-electron chi connectivity index (χ1n) is 9.28. The number of rotatable bonds is 6. The van der Waals surface area contributed by atoms with E-state index in [1.807, 2.05) is 0 Å². The first kappa shape index (κ1) is 23.5. The van der Waals surface area contributed by atoms with Crippen LogP contribution in [0, 0.1) is 10.1 Å². The first-order chi connectivity index (χ1) is 13.8. The number of aliphatic carboxylic acids is 1. The number of nitro benzene ring substituents is 1. The van der Waals surface area contributed by atoms with Crippen LogP contribution in [0.2, 0.25) is 0 Å². The summed E-state index contributed by atoms with van der Waals surface area (Å²) in [6, 6.07) is 4.07. The summed E-state index contributed by atoms with van der Waals surface area (Å²) in [6.07, 6.45) is -0.189. The number of carboxylic acid groups (broad SMARTS) is 1. The minimum absolute atomic E-state index is 0.169. The lowest BCUT2D eigenvalue weighted by Crippen LogP contribution is -2.50. The van der Waals surface area contributed by atoms with Crippen LogP contribution in [0.1, 0.15) is 33.6 Å². The third-order valence-corrected chi connectivity index (χ3v) is 6.41. The van der Waals surface area contributed by atoms with Crippen LogP contribution in [0.25, 0.3) is 0 Å². The Morgan fingerprint density at radius 3 is 2.33 bits per heavy atom. The Morgan fingerprint density at radius 1 is 1.27 bits per heavy atom. The number of nitrogens with zero attached hydrogens (tertiary/aromatic N) is 3. The second-order valence-corrected chi connectivity index (χ2v) is 9.73. The summed E-state index contributed by atoms with van der Waals surface area (Å²) < 4.78 is 32.4. The number of nitro groups is 1. The molecule has 11 nitrogen and oxygen atoms in total. The zero-order valence-corrected chi connectivity index (χ0v) is 17.8. The van der Waals surface area contributed by atoms with E-state index in [9.17, 15) is 33.2 Å². The second-order valence-electron chi connectivity index (χ2n) is 7.87. The summed E-state index contributed by atoms with van der Waals surface area (Å²) in [4.78, 5) is 34.9. The van der Waals surface area contributed by atoms with Gasteiger partial charge in [-0.05, 0) is 39.7 Å². The van der Waals surface area contributed by atoms with E-state index in [-0.39, 0.29) is 25.9 Å². The maximum Gasteiger partial charge on any atom is 0.410 e. The zero-order valence-electron chi connectivity index (χ0n) is 17.0. The lowest BCUT2D eigenvalue weighted by Gasteiger charge is -2.37. The Bertz CT molecular complexity index is 918. The lowest BCUT2D eigenvalue weighted by molar-refractivity contribution is -0.387. The van der Waals surface area contributed by atoms with Gasteiger partial charge in [0.15, 0.2) is 4.90 Å². The molecule has 1 amide bonds. The molecule has 1 N–H and O–H groups in total. The SMILES string of the molecule is CC(C)(C)OC(=O)N1CCC(N(CC(=O)O)S(=O)(=O)c2ccccc2[N+](=O)[O-])CC1. The number of amides is 1. The predicted molar refractivity (Wildman–Crippen MR) is 105 cm³/mol. The normalized spacial score (nSPS) is 15.8. The van der Waals surface area contributed by atoms with E-state index in [4.69, 9.17) is 4.74 Å². The van der Waals surface area contributed by atoms with Crippen molar-refractivity contribution in [1.82, 2.24) is 9.21 Å². The highest BCUT2D eigenvalue weighted by atomic mass is 32.2. The minimum atomic E-state index is -4.46. The van der Waals surface area contributed by atoms with Crippen LogP contribution in [-0.4, -0.2) is 71.0 Å². The van der Waals surface area contributed by atoms with E-state index in [0.29, 0.717) is 0 Å². The molecule has 166 valence electrons. The van der Waals surface area contributed by atoms with Gasteiger partial charge in [0.2, 0.25) is 0 Å². The monoisotopic (exact) mass is 443 g/mol. The molecule has 1 aliphatic heterocycles. The van der Waals surface area contributed by atoms with Gasteiger partial charge in [-0.2, -0.15) is 4.31 Å². The van der Waals surface area contributed by atoms with E-state index in [0.717, 1.165) is 16.4 Å². The fourth-order valence-corrected chi connectivity index (χ4v) is 4.95. The highest BCUT2D eigenvalue weighted by Crippen LogP contribution is 2.30. The minimum Gasteiger partial charge on any atom is -0.480 e. The fraction of sp³-hybridized carbons (Fsp3) is 0.556. The van der Waals surface area contributed by atoms with Gasteiger partial charge >= 0.3 is 12.1 Å². The van der Waals surface area contributed by atoms with Crippen molar-refractivity contribution in [3.05, 3.63) is 34.4 Å². The number of piperidine rings is 1. The number of carbonyl (C=O) groups excluding carboxylic acids is 1. The van der Waals surface area contributed by atoms with Crippen molar-refractivity contribution in [3.63, 3.8) is 0 Å². The molecule has 12 heteroatoms. The molecule has 0 aliphatic carbocycles. The number of sulfonamides is 1. The Balaban J connectivity index is 2.27. The average molecular weight is 443 g/mol. The molecule has 0 atom stereocenters. The third kappa shape index (κ3) is 5.66. The maximum absolute atomic E-state index is 13.1. The average Bonchev–Trinajstić information content (AvgIpc) is 2.64. The van der Waals surface area contributed by atoms with Crippen molar-refractivity contribution in [2.45, 2.75) is 50.2 Å². The van der Waals surface area contributed by atoms with Gasteiger partial charge in [0, 0.05) is 25.2 Å². The number of carbonyl (C=O) groups is 2. The largest absolute Gasteiger partial charge is 0.480 e. The van der Waals surface area contributed by atoms with E-state index < -0.39 is 55.8 Å². The molecule has 0 radical (unpaired) electrons. The number of benzene rings is 1. The second kappa shape index (κ2) is 8.96. The molecule has 1 heterocycles. The van der Waals surface area contributed by atoms with Gasteiger partial charge in [0.05, 0.1) is 4.92 Å². The molecular formula is C18H25N3O8S. The van der Waals surface area contributed by atoms with Gasteiger partial charge < -0.3 is 14.7 Å². The Morgan fingerprint density at radius 2 is 1.83 bits per heavy atom. The van der Waals surface area contributed by atoms with E-state index in [1.165, 1.54) is 17.0 Å². The van der Waals surface area contributed by atoms with E-state index in [2.05, 4.69) is 0 Å². The molecule has 1 aliphatic rings. The Kier molecular flexibility index (Phi) is 7.03. The quantitative estimate of drug-likeness (QED) is 0.519. The van der Waals surface area contributed by atoms with Gasteiger partial charge in [-0.15, -0.1) is 0 Å². The number of hydrogen-bond donors (Lipinski definition) is 1. The fourth-order valence-electron chi connectivity index (χ4n) is 3.16. The van der Waals surface area contributed by atoms with Gasteiger partial charge in [-0.3, -0.25) is 14.9 Å². The molecular weight excluding hydrogens is 418 g/mol. The van der Waals surface area contributed by atoms with Crippen molar-refractivity contribution in [1.29, 1.82) is 0 Å². The molecule has 0 spiro atoms. The van der Waals surface area contributed by atoms with Crippen molar-refractivity contribution >= 4 is 27.8 Å². The molecule has 1 saturated heterocycles. The molecule has 1 fully saturated rings. The third-order valence-electron chi connectivity index (χ3n) is 4.46. The summed E-state index contributed by atoms with van der Waals surface area (Å²) in [5, 5.41) is 20.5. The molecule has 30 heavy (non-hydrogen) atoms. The van der Waals surface area contributed by atoms with Crippen molar-refractivity contribution < 1.29 is 32.8 Å². The molecule has 0 saturated carbocycles. The topological polar surface area (TPSA) is 147 Å². The molecule has 0 unspecified atom stereocenters. The smallest absolute Gasteiger partial charge is 0.410 e. The molecule has 0 bridgehead atoms. The molecule has 2 rings (SSSR count). The summed E-state index contributed by atoms with van der Waals surface area (Å²) in [6.45, 7) is 4.68. The number of ether oxygens (including phenoxy) is 1. The van der Waals surface area contributed by atoms with E-state index >= 15 is 0 Å². The molecule has 1 aromatic carbocycles. The number of likely N-dealkylation sites (tertiary alicyclic amines) is 1. The van der Waals surface area contributed by atoms with Crippen molar-refractivity contribution in [2.75, 3.05) is 19.6 Å². The highest BCUT2D eigenvalue weighted by molar-refractivity contribution is 7.89. The molecule has 0 aromatic heterocycles. The van der Waals surface area contributed by atoms with Gasteiger partial charge in [-0.25, -0.2) is 13.2 Å². The highest BCUT2D eigenvalue weighted by Gasteiger charge is 2.39. The van der Waals surface area contributed by atoms with Crippen LogP contribution in [0.5, 0.6) is 0 Å². The van der Waals surface area contributed by atoms with Crippen LogP contribution in [0.15, 0.2) is 29.2 Å². The number of carboxylic acids is 1. The maximum atomic E-state index is 13.1. The summed E-state index contributed by atoms with van der Waals surface area (Å²) in [5.74, 6) is -1.38. The van der Waals surface area contributed by atoms with Crippen LogP contribution in [-0.2, 0) is 19.6 Å². The Hall–Kier alpha value is -2.73. The lowest BCUT2D eigenvalue weighted by atomic mass is 10.1. The standard InChI is InChI=1S/C18H25N3O8S/c1-18(2,3)29-17(24)19-10-8-13(9-11-19)20(12-16(22)23)30(27,28)15-7-5-4-6-14(15)21(25)26/h4-7,13H,8-12H2,1-3H3,(H,22,23). The van der Waals surface area contributed by atoms with Crippen LogP contribution in [0.3, 0.4) is 0 Å². The summed E-state index contributed by atoms with van der Waals surface area (Å²) in [7, 11) is -4.46. The van der Waals surface area contributed by atoms with Crippen molar-refractivity contribution in [2.24, 2.45) is 0 Å². The number of hydrogen-bond acceptors (Lipinski definition) is 7. The van der Waals surface area contributed by atoms with Gasteiger partial charge in [0.1, 0.15) is 12.1 Å². The molecule has 1 aromatic rings. The zero-order chi connectivity index (χ0) is 22.7.